The quantitative estimate of drug-likeness (QED) is 0.464. The third-order valence-corrected chi connectivity index (χ3v) is 1.88. The van der Waals surface area contributed by atoms with Crippen molar-refractivity contribution >= 4 is 11.8 Å². The van der Waals surface area contributed by atoms with Crippen molar-refractivity contribution in [2.45, 2.75) is 13.3 Å². The number of rotatable bonds is 5. The van der Waals surface area contributed by atoms with Gasteiger partial charge in [-0.05, 0) is 13.3 Å². The van der Waals surface area contributed by atoms with E-state index in [0.717, 1.165) is 18.7 Å². The molecule has 0 radical (unpaired) electrons. The highest BCUT2D eigenvalue weighted by atomic mass is 16.5. The van der Waals surface area contributed by atoms with Gasteiger partial charge < -0.3 is 10.1 Å². The molecule has 0 amide bonds. The normalized spacial score (nSPS) is 9.62. The number of aryl methyl sites for hydroxylation is 1. The van der Waals surface area contributed by atoms with Crippen LogP contribution in [0.1, 0.15) is 22.7 Å². The fraction of sp³-hybridized carbons (Fsp3) is 0.364. The summed E-state index contributed by atoms with van der Waals surface area (Å²) in [5, 5.41) is 3.08. The lowest BCUT2D eigenvalue weighted by Crippen LogP contribution is -2.11. The Kier molecular flexibility index (Phi) is 4.44. The molecular weight excluding hydrogens is 206 g/mol. The molecule has 5 heteroatoms. The molecule has 0 spiro atoms. The smallest absolute Gasteiger partial charge is 0.376 e. The molecule has 0 aliphatic heterocycles. The minimum Gasteiger partial charge on any atom is -0.463 e. The van der Waals surface area contributed by atoms with Crippen LogP contribution in [0, 0.1) is 6.92 Å². The Hall–Kier alpha value is -1.91. The van der Waals surface area contributed by atoms with Crippen LogP contribution < -0.4 is 5.32 Å². The average molecular weight is 221 g/mol. The molecule has 0 saturated carbocycles. The van der Waals surface area contributed by atoms with Gasteiger partial charge in [0.2, 0.25) is 5.82 Å². The van der Waals surface area contributed by atoms with Gasteiger partial charge in [0.15, 0.2) is 0 Å². The molecule has 0 unspecified atom stereocenters. The fourth-order valence-corrected chi connectivity index (χ4v) is 1.14. The van der Waals surface area contributed by atoms with Gasteiger partial charge in [-0.1, -0.05) is 6.08 Å². The SMILES string of the molecule is C=CCCNc1cc(C)nc(C(=O)OC)n1. The Labute approximate surface area is 94.6 Å². The first-order valence-corrected chi connectivity index (χ1v) is 4.96. The first kappa shape index (κ1) is 12.2. The lowest BCUT2D eigenvalue weighted by atomic mass is 10.4. The molecular formula is C11H15N3O2. The van der Waals surface area contributed by atoms with Crippen molar-refractivity contribution in [3.8, 4) is 0 Å². The first-order valence-electron chi connectivity index (χ1n) is 4.96. The number of nitrogens with zero attached hydrogens (tertiary/aromatic N) is 2. The third kappa shape index (κ3) is 3.34. The summed E-state index contributed by atoms with van der Waals surface area (Å²) in [4.78, 5) is 19.3. The van der Waals surface area contributed by atoms with Crippen molar-refractivity contribution in [1.29, 1.82) is 0 Å². The van der Waals surface area contributed by atoms with Crippen LogP contribution in [0.2, 0.25) is 0 Å². The minimum atomic E-state index is -0.532. The number of nitrogens with one attached hydrogen (secondary N) is 1. The van der Waals surface area contributed by atoms with E-state index in [1.54, 1.807) is 13.0 Å². The Balaban J connectivity index is 2.81. The van der Waals surface area contributed by atoms with E-state index < -0.39 is 5.97 Å². The Morgan fingerprint density at radius 2 is 2.38 bits per heavy atom. The number of hydrogen-bond acceptors (Lipinski definition) is 5. The molecule has 0 aromatic carbocycles. The second kappa shape index (κ2) is 5.85. The molecule has 1 rings (SSSR count). The highest BCUT2D eigenvalue weighted by Gasteiger charge is 2.10. The van der Waals surface area contributed by atoms with E-state index in [1.165, 1.54) is 7.11 Å². The maximum atomic E-state index is 11.3. The molecule has 1 N–H and O–H groups in total. The van der Waals surface area contributed by atoms with Crippen LogP contribution in [-0.4, -0.2) is 29.6 Å². The molecule has 1 heterocycles. The van der Waals surface area contributed by atoms with E-state index in [4.69, 9.17) is 0 Å². The lowest BCUT2D eigenvalue weighted by molar-refractivity contribution is 0.0586. The van der Waals surface area contributed by atoms with Crippen molar-refractivity contribution in [3.05, 3.63) is 30.2 Å². The maximum absolute atomic E-state index is 11.3. The summed E-state index contributed by atoms with van der Waals surface area (Å²) >= 11 is 0. The molecule has 5 nitrogen and oxygen atoms in total. The van der Waals surface area contributed by atoms with Crippen LogP contribution in [0.3, 0.4) is 0 Å². The standard InChI is InChI=1S/C11H15N3O2/c1-4-5-6-12-9-7-8(2)13-10(14-9)11(15)16-3/h4,7H,1,5-6H2,2-3H3,(H,12,13,14). The predicted molar refractivity (Wildman–Crippen MR) is 61.4 cm³/mol. The summed E-state index contributed by atoms with van der Waals surface area (Å²) in [6.07, 6.45) is 2.64. The number of carbonyl (C=O) groups excluding carboxylic acids is 1. The van der Waals surface area contributed by atoms with Crippen LogP contribution in [0.5, 0.6) is 0 Å². The average Bonchev–Trinajstić information content (AvgIpc) is 2.27. The zero-order valence-corrected chi connectivity index (χ0v) is 9.49. The van der Waals surface area contributed by atoms with Gasteiger partial charge in [0.05, 0.1) is 7.11 Å². The third-order valence-electron chi connectivity index (χ3n) is 1.88. The van der Waals surface area contributed by atoms with Crippen LogP contribution in [0.4, 0.5) is 5.82 Å². The topological polar surface area (TPSA) is 64.1 Å². The van der Waals surface area contributed by atoms with E-state index in [0.29, 0.717) is 5.82 Å². The summed E-state index contributed by atoms with van der Waals surface area (Å²) in [6, 6.07) is 1.77. The van der Waals surface area contributed by atoms with Crippen molar-refractivity contribution in [3.63, 3.8) is 0 Å². The summed E-state index contributed by atoms with van der Waals surface area (Å²) in [6.45, 7) is 6.14. The van der Waals surface area contributed by atoms with Crippen molar-refractivity contribution < 1.29 is 9.53 Å². The number of esters is 1. The van der Waals surface area contributed by atoms with Gasteiger partial charge in [0.1, 0.15) is 5.82 Å². The van der Waals surface area contributed by atoms with Crippen LogP contribution >= 0.6 is 0 Å². The molecule has 0 aliphatic rings. The van der Waals surface area contributed by atoms with Crippen molar-refractivity contribution in [2.24, 2.45) is 0 Å². The second-order valence-corrected chi connectivity index (χ2v) is 3.21. The van der Waals surface area contributed by atoms with E-state index in [2.05, 4.69) is 26.6 Å². The maximum Gasteiger partial charge on any atom is 0.376 e. The van der Waals surface area contributed by atoms with Crippen LogP contribution in [-0.2, 0) is 4.74 Å². The summed E-state index contributed by atoms with van der Waals surface area (Å²) < 4.78 is 4.56. The molecule has 0 atom stereocenters. The number of carbonyl (C=O) groups is 1. The van der Waals surface area contributed by atoms with Crippen LogP contribution in [0.15, 0.2) is 18.7 Å². The van der Waals surface area contributed by atoms with Gasteiger partial charge in [0.25, 0.3) is 0 Å². The van der Waals surface area contributed by atoms with E-state index in [1.807, 2.05) is 6.08 Å². The van der Waals surface area contributed by atoms with Gasteiger partial charge in [-0.15, -0.1) is 6.58 Å². The molecule has 1 aromatic rings. The largest absolute Gasteiger partial charge is 0.463 e. The van der Waals surface area contributed by atoms with E-state index in [-0.39, 0.29) is 5.82 Å². The molecule has 0 saturated heterocycles. The molecule has 1 aromatic heterocycles. The summed E-state index contributed by atoms with van der Waals surface area (Å²) in [5.74, 6) is 0.161. The summed E-state index contributed by atoms with van der Waals surface area (Å²) in [5.41, 5.74) is 0.719. The highest BCUT2D eigenvalue weighted by Crippen LogP contribution is 2.07. The van der Waals surface area contributed by atoms with Crippen molar-refractivity contribution in [2.75, 3.05) is 19.0 Å². The molecule has 86 valence electrons. The fourth-order valence-electron chi connectivity index (χ4n) is 1.14. The van der Waals surface area contributed by atoms with Gasteiger partial charge in [0, 0.05) is 18.3 Å². The second-order valence-electron chi connectivity index (χ2n) is 3.21. The van der Waals surface area contributed by atoms with E-state index >= 15 is 0 Å². The molecule has 0 bridgehead atoms. The van der Waals surface area contributed by atoms with Gasteiger partial charge >= 0.3 is 5.97 Å². The monoisotopic (exact) mass is 221 g/mol. The predicted octanol–water partition coefficient (Wildman–Crippen LogP) is 1.56. The zero-order chi connectivity index (χ0) is 12.0. The first-order chi connectivity index (χ1) is 7.67. The van der Waals surface area contributed by atoms with Gasteiger partial charge in [-0.25, -0.2) is 14.8 Å². The van der Waals surface area contributed by atoms with Crippen molar-refractivity contribution in [1.82, 2.24) is 9.97 Å². The number of ether oxygens (including phenoxy) is 1. The van der Waals surface area contributed by atoms with E-state index in [9.17, 15) is 4.79 Å². The number of aromatic nitrogens is 2. The zero-order valence-electron chi connectivity index (χ0n) is 9.49. The molecule has 16 heavy (non-hydrogen) atoms. The van der Waals surface area contributed by atoms with Crippen LogP contribution in [0.25, 0.3) is 0 Å². The number of anilines is 1. The highest BCUT2D eigenvalue weighted by molar-refractivity contribution is 5.85. The number of hydrogen-bond donors (Lipinski definition) is 1. The lowest BCUT2D eigenvalue weighted by Gasteiger charge is -2.06. The van der Waals surface area contributed by atoms with Gasteiger partial charge in [-0.3, -0.25) is 0 Å². The van der Waals surface area contributed by atoms with Gasteiger partial charge in [-0.2, -0.15) is 0 Å². The Morgan fingerprint density at radius 3 is 3.00 bits per heavy atom. The number of methoxy groups -OCH3 is 1. The molecule has 0 aliphatic carbocycles. The Morgan fingerprint density at radius 1 is 1.62 bits per heavy atom. The summed E-state index contributed by atoms with van der Waals surface area (Å²) in [7, 11) is 1.30. The Bertz CT molecular complexity index is 391. The molecule has 0 fully saturated rings. The minimum absolute atomic E-state index is 0.0728.